The average molecular weight is 472 g/mol. The summed E-state index contributed by atoms with van der Waals surface area (Å²) in [5.74, 6) is -3.02. The normalized spacial score (nSPS) is 11.8. The lowest BCUT2D eigenvalue weighted by atomic mass is 10.0. The van der Waals surface area contributed by atoms with E-state index in [1.165, 1.54) is 24.5 Å². The number of halogens is 5. The lowest BCUT2D eigenvalue weighted by Crippen LogP contribution is -2.15. The first-order valence-electron chi connectivity index (χ1n) is 8.26. The Bertz CT molecular complexity index is 1410. The number of rotatable bonds is 4. The molecule has 154 valence electrons. The molecule has 4 rings (SSSR count). The molecular weight excluding hydrogens is 462 g/mol. The predicted octanol–water partition coefficient (Wildman–Crippen LogP) is 5.75. The lowest BCUT2D eigenvalue weighted by Gasteiger charge is -2.14. The third-order valence-corrected chi connectivity index (χ3v) is 6.37. The second-order valence-electron chi connectivity index (χ2n) is 6.22. The summed E-state index contributed by atoms with van der Waals surface area (Å²) in [5.41, 5.74) is -1.07. The van der Waals surface area contributed by atoms with Gasteiger partial charge in [0.25, 0.3) is 10.0 Å². The Hall–Kier alpha value is -2.75. The van der Waals surface area contributed by atoms with Crippen molar-refractivity contribution in [1.29, 1.82) is 0 Å². The minimum atomic E-state index is -4.35. The Balaban J connectivity index is 1.82. The van der Waals surface area contributed by atoms with Crippen molar-refractivity contribution in [3.8, 4) is 11.1 Å². The number of imidazole rings is 1. The zero-order valence-corrected chi connectivity index (χ0v) is 17.0. The van der Waals surface area contributed by atoms with Crippen LogP contribution in [0.25, 0.3) is 22.2 Å². The zero-order valence-electron chi connectivity index (χ0n) is 14.7. The fourth-order valence-electron chi connectivity index (χ4n) is 2.93. The van der Waals surface area contributed by atoms with E-state index in [-0.39, 0.29) is 31.5 Å². The largest absolute Gasteiger partial charge is 0.344 e. The molecule has 3 aromatic carbocycles. The molecule has 0 fully saturated rings. The first-order valence-corrected chi connectivity index (χ1v) is 10.5. The van der Waals surface area contributed by atoms with Crippen LogP contribution < -0.4 is 4.72 Å². The Morgan fingerprint density at radius 3 is 2.50 bits per heavy atom. The van der Waals surface area contributed by atoms with Crippen molar-refractivity contribution in [2.24, 2.45) is 0 Å². The second kappa shape index (κ2) is 7.50. The van der Waals surface area contributed by atoms with E-state index >= 15 is 4.39 Å². The van der Waals surface area contributed by atoms with Gasteiger partial charge in [-0.2, -0.15) is 0 Å². The van der Waals surface area contributed by atoms with Crippen molar-refractivity contribution in [2.75, 3.05) is 4.72 Å². The van der Waals surface area contributed by atoms with Gasteiger partial charge in [-0.1, -0.05) is 23.2 Å². The molecule has 0 unspecified atom stereocenters. The van der Waals surface area contributed by atoms with Gasteiger partial charge in [0.05, 0.1) is 28.1 Å². The maximum atomic E-state index is 15.1. The maximum Gasteiger partial charge on any atom is 0.263 e. The highest BCUT2D eigenvalue weighted by Gasteiger charge is 2.23. The fourth-order valence-corrected chi connectivity index (χ4v) is 4.75. The molecule has 30 heavy (non-hydrogen) atoms. The van der Waals surface area contributed by atoms with Crippen molar-refractivity contribution >= 4 is 49.9 Å². The van der Waals surface area contributed by atoms with Gasteiger partial charge in [-0.15, -0.1) is 0 Å². The molecule has 4 aromatic rings. The van der Waals surface area contributed by atoms with Crippen LogP contribution in [-0.4, -0.2) is 18.4 Å². The quantitative estimate of drug-likeness (QED) is 0.397. The van der Waals surface area contributed by atoms with Crippen LogP contribution in [0.2, 0.25) is 10.0 Å². The number of hydrogen-bond donors (Lipinski definition) is 2. The van der Waals surface area contributed by atoms with Gasteiger partial charge in [-0.3, -0.25) is 4.72 Å². The summed E-state index contributed by atoms with van der Waals surface area (Å²) in [6.45, 7) is 0. The molecular formula is C19H10Cl2F3N3O2S. The molecule has 5 nitrogen and oxygen atoms in total. The number of anilines is 1. The van der Waals surface area contributed by atoms with E-state index in [4.69, 9.17) is 23.2 Å². The van der Waals surface area contributed by atoms with E-state index in [0.717, 1.165) is 24.3 Å². The number of hydrogen-bond acceptors (Lipinski definition) is 3. The van der Waals surface area contributed by atoms with Crippen LogP contribution in [0.3, 0.4) is 0 Å². The van der Waals surface area contributed by atoms with E-state index in [9.17, 15) is 17.2 Å². The smallest absolute Gasteiger partial charge is 0.263 e. The van der Waals surface area contributed by atoms with Gasteiger partial charge in [0, 0.05) is 5.02 Å². The Kier molecular flexibility index (Phi) is 5.13. The molecule has 0 radical (unpaired) electrons. The Labute approximate surface area is 178 Å². The fraction of sp³-hybridized carbons (Fsp3) is 0. The molecule has 1 aromatic heterocycles. The van der Waals surface area contributed by atoms with Gasteiger partial charge in [-0.05, 0) is 48.0 Å². The molecule has 1 heterocycles. The minimum Gasteiger partial charge on any atom is -0.344 e. The molecule has 0 amide bonds. The van der Waals surface area contributed by atoms with Crippen molar-refractivity contribution in [3.05, 3.63) is 76.3 Å². The molecule has 2 N–H and O–H groups in total. The van der Waals surface area contributed by atoms with Crippen molar-refractivity contribution < 1.29 is 21.6 Å². The summed E-state index contributed by atoms with van der Waals surface area (Å²) in [6.07, 6.45) is 1.24. The summed E-state index contributed by atoms with van der Waals surface area (Å²) < 4.78 is 71.2. The number of sulfonamides is 1. The Morgan fingerprint density at radius 1 is 0.967 bits per heavy atom. The average Bonchev–Trinajstić information content (AvgIpc) is 3.15. The van der Waals surface area contributed by atoms with Crippen LogP contribution in [0.4, 0.5) is 18.9 Å². The second-order valence-corrected chi connectivity index (χ2v) is 8.72. The molecule has 0 aliphatic carbocycles. The van der Waals surface area contributed by atoms with Crippen LogP contribution in [-0.2, 0) is 10.0 Å². The van der Waals surface area contributed by atoms with Gasteiger partial charge >= 0.3 is 0 Å². The summed E-state index contributed by atoms with van der Waals surface area (Å²) in [6, 6.07) is 7.75. The first-order chi connectivity index (χ1) is 14.2. The number of aromatic nitrogens is 2. The molecule has 0 aliphatic rings. The van der Waals surface area contributed by atoms with Crippen LogP contribution in [0.15, 0.2) is 53.7 Å². The molecule has 0 spiro atoms. The zero-order chi connectivity index (χ0) is 21.6. The van der Waals surface area contributed by atoms with Crippen LogP contribution >= 0.6 is 23.2 Å². The number of nitrogens with zero attached hydrogens (tertiary/aromatic N) is 1. The summed E-state index contributed by atoms with van der Waals surface area (Å²) in [7, 11) is -4.35. The van der Waals surface area contributed by atoms with E-state index in [2.05, 4.69) is 9.97 Å². The molecule has 0 saturated carbocycles. The van der Waals surface area contributed by atoms with E-state index in [0.29, 0.717) is 0 Å². The Morgan fingerprint density at radius 2 is 1.73 bits per heavy atom. The highest BCUT2D eigenvalue weighted by Crippen LogP contribution is 2.34. The lowest BCUT2D eigenvalue weighted by molar-refractivity contribution is 0.587. The monoisotopic (exact) mass is 471 g/mol. The molecule has 0 atom stereocenters. The number of benzene rings is 3. The topological polar surface area (TPSA) is 74.8 Å². The summed E-state index contributed by atoms with van der Waals surface area (Å²) in [5, 5.41) is -0.0372. The molecule has 0 bridgehead atoms. The van der Waals surface area contributed by atoms with Crippen LogP contribution in [0, 0.1) is 17.5 Å². The van der Waals surface area contributed by atoms with Gasteiger partial charge < -0.3 is 4.98 Å². The SMILES string of the molecule is O=S(=O)(Nc1ccc(F)c(-c2cc(F)c3nc[nH]c3c2)c1F)c1cc(Cl)ccc1Cl. The third-order valence-electron chi connectivity index (χ3n) is 4.28. The number of H-pyrrole nitrogens is 1. The number of nitrogens with one attached hydrogen (secondary N) is 2. The van der Waals surface area contributed by atoms with Crippen molar-refractivity contribution in [2.45, 2.75) is 4.90 Å². The number of aromatic amines is 1. The summed E-state index contributed by atoms with van der Waals surface area (Å²) in [4.78, 5) is 6.06. The molecule has 11 heteroatoms. The maximum absolute atomic E-state index is 15.1. The van der Waals surface area contributed by atoms with E-state index < -0.39 is 38.7 Å². The van der Waals surface area contributed by atoms with Crippen LogP contribution in [0.5, 0.6) is 0 Å². The highest BCUT2D eigenvalue weighted by atomic mass is 35.5. The minimum absolute atomic E-state index is 0.00650. The van der Waals surface area contributed by atoms with Gasteiger partial charge in [0.1, 0.15) is 16.2 Å². The van der Waals surface area contributed by atoms with Crippen molar-refractivity contribution in [3.63, 3.8) is 0 Å². The molecule has 0 aliphatic heterocycles. The molecule has 0 saturated heterocycles. The summed E-state index contributed by atoms with van der Waals surface area (Å²) >= 11 is 11.7. The number of fused-ring (bicyclic) bond motifs is 1. The van der Waals surface area contributed by atoms with Crippen molar-refractivity contribution in [1.82, 2.24) is 9.97 Å². The third kappa shape index (κ3) is 3.60. The van der Waals surface area contributed by atoms with Gasteiger partial charge in [0.15, 0.2) is 11.6 Å². The predicted molar refractivity (Wildman–Crippen MR) is 109 cm³/mol. The van der Waals surface area contributed by atoms with Gasteiger partial charge in [-0.25, -0.2) is 26.6 Å². The van der Waals surface area contributed by atoms with Gasteiger partial charge in [0.2, 0.25) is 0 Å². The van der Waals surface area contributed by atoms with Crippen LogP contribution in [0.1, 0.15) is 0 Å². The highest BCUT2D eigenvalue weighted by molar-refractivity contribution is 7.92. The van der Waals surface area contributed by atoms with E-state index in [1.807, 2.05) is 4.72 Å². The first kappa shape index (κ1) is 20.5. The standard InChI is InChI=1S/C19H10Cl2F3N3O2S/c20-10-1-2-11(21)16(7-10)30(28,29)27-14-4-3-12(22)17(18(14)24)9-5-13(23)19-15(6-9)25-8-26-19/h1-8,27H,(H,25,26). The van der Waals surface area contributed by atoms with E-state index in [1.54, 1.807) is 0 Å².